The van der Waals surface area contributed by atoms with E-state index in [1.54, 1.807) is 25.6 Å². The van der Waals surface area contributed by atoms with Crippen molar-refractivity contribution in [3.8, 4) is 17.0 Å². The van der Waals surface area contributed by atoms with Gasteiger partial charge in [-0.15, -0.1) is 0 Å². The summed E-state index contributed by atoms with van der Waals surface area (Å²) in [7, 11) is 1.58. The van der Waals surface area contributed by atoms with E-state index in [0.29, 0.717) is 11.7 Å². The Morgan fingerprint density at radius 2 is 2.06 bits per heavy atom. The molecule has 0 aromatic carbocycles. The van der Waals surface area contributed by atoms with Crippen LogP contribution < -0.4 is 10.5 Å². The summed E-state index contributed by atoms with van der Waals surface area (Å²) in [6.45, 7) is 0. The standard InChI is InChI=1S/C11H10BrN3O/c1-16-9-3-2-7(6-15-9)10-8(12)4-5-14-11(10)13/h2-6H,1H3,(H2,13,14). The van der Waals surface area contributed by atoms with Gasteiger partial charge in [-0.1, -0.05) is 0 Å². The fraction of sp³-hybridized carbons (Fsp3) is 0.0909. The molecule has 0 aliphatic carbocycles. The van der Waals surface area contributed by atoms with Crippen LogP contribution in [0.5, 0.6) is 5.88 Å². The second kappa shape index (κ2) is 4.49. The number of pyridine rings is 2. The summed E-state index contributed by atoms with van der Waals surface area (Å²) < 4.78 is 5.89. The van der Waals surface area contributed by atoms with E-state index in [4.69, 9.17) is 10.5 Å². The van der Waals surface area contributed by atoms with E-state index in [1.807, 2.05) is 12.1 Å². The van der Waals surface area contributed by atoms with Crippen molar-refractivity contribution in [2.45, 2.75) is 0 Å². The van der Waals surface area contributed by atoms with E-state index in [-0.39, 0.29) is 0 Å². The number of hydrogen-bond donors (Lipinski definition) is 1. The molecule has 0 radical (unpaired) electrons. The van der Waals surface area contributed by atoms with Gasteiger partial charge in [0.15, 0.2) is 0 Å². The number of hydrogen-bond acceptors (Lipinski definition) is 4. The number of nitrogen functional groups attached to an aromatic ring is 1. The van der Waals surface area contributed by atoms with Crippen molar-refractivity contribution in [1.29, 1.82) is 0 Å². The molecule has 82 valence electrons. The molecule has 0 saturated heterocycles. The average Bonchev–Trinajstić information content (AvgIpc) is 2.30. The second-order valence-electron chi connectivity index (χ2n) is 3.14. The smallest absolute Gasteiger partial charge is 0.212 e. The van der Waals surface area contributed by atoms with Gasteiger partial charge >= 0.3 is 0 Å². The van der Waals surface area contributed by atoms with Gasteiger partial charge in [-0.3, -0.25) is 0 Å². The van der Waals surface area contributed by atoms with Gasteiger partial charge in [0.25, 0.3) is 0 Å². The monoisotopic (exact) mass is 279 g/mol. The number of nitrogens with two attached hydrogens (primary N) is 1. The average molecular weight is 280 g/mol. The highest BCUT2D eigenvalue weighted by molar-refractivity contribution is 9.10. The lowest BCUT2D eigenvalue weighted by atomic mass is 10.1. The summed E-state index contributed by atoms with van der Waals surface area (Å²) >= 11 is 3.44. The van der Waals surface area contributed by atoms with Gasteiger partial charge in [0.2, 0.25) is 5.88 Å². The molecular weight excluding hydrogens is 270 g/mol. The van der Waals surface area contributed by atoms with E-state index in [1.165, 1.54) is 0 Å². The molecular formula is C11H10BrN3O. The molecule has 2 N–H and O–H groups in total. The van der Waals surface area contributed by atoms with Crippen LogP contribution in [0.3, 0.4) is 0 Å². The first-order chi connectivity index (χ1) is 7.72. The van der Waals surface area contributed by atoms with Gasteiger partial charge in [-0.25, -0.2) is 9.97 Å². The van der Waals surface area contributed by atoms with Crippen LogP contribution in [0.2, 0.25) is 0 Å². The van der Waals surface area contributed by atoms with Gasteiger partial charge in [-0.05, 0) is 28.1 Å². The Balaban J connectivity index is 2.50. The summed E-state index contributed by atoms with van der Waals surface area (Å²) in [5.74, 6) is 1.05. The lowest BCUT2D eigenvalue weighted by Gasteiger charge is -2.07. The number of anilines is 1. The van der Waals surface area contributed by atoms with Gasteiger partial charge in [0.1, 0.15) is 5.82 Å². The maximum Gasteiger partial charge on any atom is 0.212 e. The van der Waals surface area contributed by atoms with E-state index in [2.05, 4.69) is 25.9 Å². The summed E-state index contributed by atoms with van der Waals surface area (Å²) in [6, 6.07) is 5.52. The molecule has 0 saturated carbocycles. The van der Waals surface area contributed by atoms with Crippen molar-refractivity contribution in [1.82, 2.24) is 9.97 Å². The van der Waals surface area contributed by atoms with Crippen LogP contribution in [0.1, 0.15) is 0 Å². The van der Waals surface area contributed by atoms with Crippen LogP contribution in [0.15, 0.2) is 35.1 Å². The summed E-state index contributed by atoms with van der Waals surface area (Å²) in [5, 5.41) is 0. The lowest BCUT2D eigenvalue weighted by Crippen LogP contribution is -1.95. The van der Waals surface area contributed by atoms with Gasteiger partial charge in [0.05, 0.1) is 7.11 Å². The zero-order chi connectivity index (χ0) is 11.5. The van der Waals surface area contributed by atoms with Crippen molar-refractivity contribution < 1.29 is 4.74 Å². The molecule has 0 fully saturated rings. The molecule has 2 aromatic heterocycles. The van der Waals surface area contributed by atoms with E-state index in [9.17, 15) is 0 Å². The molecule has 4 nitrogen and oxygen atoms in total. The van der Waals surface area contributed by atoms with Crippen molar-refractivity contribution >= 4 is 21.7 Å². The van der Waals surface area contributed by atoms with Gasteiger partial charge < -0.3 is 10.5 Å². The Hall–Kier alpha value is -1.62. The minimum Gasteiger partial charge on any atom is -0.481 e. The molecule has 0 bridgehead atoms. The normalized spacial score (nSPS) is 10.1. The molecule has 0 aliphatic heterocycles. The van der Waals surface area contributed by atoms with Crippen LogP contribution in [-0.2, 0) is 0 Å². The zero-order valence-electron chi connectivity index (χ0n) is 8.64. The van der Waals surface area contributed by atoms with E-state index >= 15 is 0 Å². The molecule has 2 aromatic rings. The highest BCUT2D eigenvalue weighted by atomic mass is 79.9. The third-order valence-corrected chi connectivity index (χ3v) is 2.82. The fourth-order valence-corrected chi connectivity index (χ4v) is 1.94. The highest BCUT2D eigenvalue weighted by Gasteiger charge is 2.08. The second-order valence-corrected chi connectivity index (χ2v) is 4.00. The first kappa shape index (κ1) is 10.9. The Kier molecular flexibility index (Phi) is 3.05. The molecule has 0 unspecified atom stereocenters. The number of ether oxygens (including phenoxy) is 1. The SMILES string of the molecule is COc1ccc(-c2c(Br)ccnc2N)cn1. The molecule has 0 atom stereocenters. The fourth-order valence-electron chi connectivity index (χ4n) is 1.39. The van der Waals surface area contributed by atoms with Crippen LogP contribution in [0.4, 0.5) is 5.82 Å². The molecule has 2 heterocycles. The molecule has 16 heavy (non-hydrogen) atoms. The quantitative estimate of drug-likeness (QED) is 0.918. The largest absolute Gasteiger partial charge is 0.481 e. The Morgan fingerprint density at radius 3 is 2.62 bits per heavy atom. The summed E-state index contributed by atoms with van der Waals surface area (Å²) in [4.78, 5) is 8.18. The van der Waals surface area contributed by atoms with Crippen LogP contribution in [0, 0.1) is 0 Å². The predicted molar refractivity (Wildman–Crippen MR) is 66.1 cm³/mol. The van der Waals surface area contributed by atoms with Gasteiger partial charge in [-0.2, -0.15) is 0 Å². The van der Waals surface area contributed by atoms with Crippen molar-refractivity contribution in [2.75, 3.05) is 12.8 Å². The van der Waals surface area contributed by atoms with Crippen LogP contribution >= 0.6 is 15.9 Å². The zero-order valence-corrected chi connectivity index (χ0v) is 10.2. The van der Waals surface area contributed by atoms with Gasteiger partial charge in [0, 0.05) is 34.1 Å². The predicted octanol–water partition coefficient (Wildman–Crippen LogP) is 2.50. The maximum absolute atomic E-state index is 5.82. The number of nitrogens with zero attached hydrogens (tertiary/aromatic N) is 2. The first-order valence-corrected chi connectivity index (χ1v) is 5.42. The number of methoxy groups -OCH3 is 1. The molecule has 0 spiro atoms. The molecule has 0 aliphatic rings. The number of aromatic nitrogens is 2. The summed E-state index contributed by atoms with van der Waals surface area (Å²) in [6.07, 6.45) is 3.36. The first-order valence-electron chi connectivity index (χ1n) is 4.63. The third kappa shape index (κ3) is 1.99. The van der Waals surface area contributed by atoms with E-state index in [0.717, 1.165) is 15.6 Å². The molecule has 2 rings (SSSR count). The highest BCUT2D eigenvalue weighted by Crippen LogP contribution is 2.31. The molecule has 0 amide bonds. The van der Waals surface area contributed by atoms with Crippen LogP contribution in [-0.4, -0.2) is 17.1 Å². The third-order valence-electron chi connectivity index (χ3n) is 2.16. The maximum atomic E-state index is 5.82. The molecule has 5 heteroatoms. The van der Waals surface area contributed by atoms with Crippen molar-refractivity contribution in [2.24, 2.45) is 0 Å². The van der Waals surface area contributed by atoms with Crippen molar-refractivity contribution in [3.05, 3.63) is 35.1 Å². The minimum atomic E-state index is 0.473. The summed E-state index contributed by atoms with van der Waals surface area (Å²) in [5.41, 5.74) is 7.57. The van der Waals surface area contributed by atoms with Crippen LogP contribution in [0.25, 0.3) is 11.1 Å². The minimum absolute atomic E-state index is 0.473. The number of halogens is 1. The van der Waals surface area contributed by atoms with E-state index < -0.39 is 0 Å². The van der Waals surface area contributed by atoms with Crippen molar-refractivity contribution in [3.63, 3.8) is 0 Å². The Morgan fingerprint density at radius 1 is 1.25 bits per heavy atom. The topological polar surface area (TPSA) is 61.0 Å². The lowest BCUT2D eigenvalue weighted by molar-refractivity contribution is 0.398. The Bertz CT molecular complexity index is 479. The Labute approximate surface area is 102 Å². The number of rotatable bonds is 2.